The minimum Gasteiger partial charge on any atom is -0.497 e. The van der Waals surface area contributed by atoms with E-state index in [9.17, 15) is 14.7 Å². The Balaban J connectivity index is 1.39. The fourth-order valence-electron chi connectivity index (χ4n) is 4.55. The molecule has 1 saturated heterocycles. The zero-order valence-corrected chi connectivity index (χ0v) is 21.7. The lowest BCUT2D eigenvalue weighted by Crippen LogP contribution is -2.45. The highest BCUT2D eigenvalue weighted by Gasteiger charge is 2.30. The molecule has 0 radical (unpaired) electrons. The summed E-state index contributed by atoms with van der Waals surface area (Å²) in [7, 11) is 1.55. The molecule has 0 saturated carbocycles. The quantitative estimate of drug-likeness (QED) is 0.378. The molecule has 2 heterocycles. The van der Waals surface area contributed by atoms with Gasteiger partial charge in [0.2, 0.25) is 0 Å². The van der Waals surface area contributed by atoms with E-state index in [4.69, 9.17) is 14.2 Å². The Labute approximate surface area is 222 Å². The highest BCUT2D eigenvalue weighted by molar-refractivity contribution is 5.81. The molecule has 0 bridgehead atoms. The topological polar surface area (TPSA) is 101 Å². The van der Waals surface area contributed by atoms with E-state index in [1.165, 1.54) is 4.90 Å². The van der Waals surface area contributed by atoms with E-state index in [-0.39, 0.29) is 19.0 Å². The highest BCUT2D eigenvalue weighted by Crippen LogP contribution is 2.25. The molecule has 2 atom stereocenters. The van der Waals surface area contributed by atoms with Crippen LogP contribution in [0.4, 0.5) is 10.6 Å². The predicted molar refractivity (Wildman–Crippen MR) is 143 cm³/mol. The Morgan fingerprint density at radius 3 is 2.39 bits per heavy atom. The van der Waals surface area contributed by atoms with Crippen LogP contribution in [0, 0.1) is 0 Å². The molecule has 2 unspecified atom stereocenters. The van der Waals surface area contributed by atoms with Gasteiger partial charge in [-0.05, 0) is 73.4 Å². The van der Waals surface area contributed by atoms with Crippen LogP contribution < -0.4 is 19.1 Å². The van der Waals surface area contributed by atoms with Crippen LogP contribution in [0.2, 0.25) is 0 Å². The third kappa shape index (κ3) is 6.73. The maximum absolute atomic E-state index is 13.0. The maximum atomic E-state index is 13.0. The van der Waals surface area contributed by atoms with Crippen molar-refractivity contribution < 1.29 is 28.9 Å². The first-order valence-electron chi connectivity index (χ1n) is 12.7. The van der Waals surface area contributed by atoms with Crippen LogP contribution in [0.5, 0.6) is 17.2 Å². The van der Waals surface area contributed by atoms with Crippen LogP contribution in [-0.4, -0.2) is 59.4 Å². The van der Waals surface area contributed by atoms with Crippen molar-refractivity contribution >= 4 is 17.9 Å². The molecule has 200 valence electrons. The molecule has 9 heteroatoms. The number of pyridine rings is 1. The van der Waals surface area contributed by atoms with Gasteiger partial charge in [-0.2, -0.15) is 0 Å². The molecule has 1 N–H and O–H groups in total. The molecular weight excluding hydrogens is 486 g/mol. The second-order valence-electron chi connectivity index (χ2n) is 9.07. The number of rotatable bonds is 11. The SMILES string of the molecule is CCC(C(=O)O)N(Cc1ccc(OCC2CCCN2c2ccccn2)cc1)C(=O)Oc1ccc(OC)cc1. The Morgan fingerprint density at radius 1 is 1.05 bits per heavy atom. The van der Waals surface area contributed by atoms with Gasteiger partial charge in [0.1, 0.15) is 35.7 Å². The number of benzene rings is 2. The Bertz CT molecular complexity index is 1190. The minimum absolute atomic E-state index is 0.0795. The van der Waals surface area contributed by atoms with Gasteiger partial charge in [0, 0.05) is 19.3 Å². The zero-order valence-electron chi connectivity index (χ0n) is 21.7. The van der Waals surface area contributed by atoms with Crippen molar-refractivity contribution in [1.82, 2.24) is 9.88 Å². The van der Waals surface area contributed by atoms with Gasteiger partial charge in [0.25, 0.3) is 0 Å². The van der Waals surface area contributed by atoms with E-state index in [1.807, 2.05) is 42.5 Å². The summed E-state index contributed by atoms with van der Waals surface area (Å²) in [5, 5.41) is 9.73. The lowest BCUT2D eigenvalue weighted by atomic mass is 10.1. The Kier molecular flexibility index (Phi) is 9.02. The summed E-state index contributed by atoms with van der Waals surface area (Å²) in [5.41, 5.74) is 0.764. The second-order valence-corrected chi connectivity index (χ2v) is 9.07. The van der Waals surface area contributed by atoms with Crippen molar-refractivity contribution in [2.24, 2.45) is 0 Å². The van der Waals surface area contributed by atoms with Crippen LogP contribution >= 0.6 is 0 Å². The molecule has 1 fully saturated rings. The van der Waals surface area contributed by atoms with E-state index in [0.29, 0.717) is 23.9 Å². The molecule has 4 rings (SSSR count). The summed E-state index contributed by atoms with van der Waals surface area (Å²) < 4.78 is 16.7. The average Bonchev–Trinajstić information content (AvgIpc) is 3.42. The smallest absolute Gasteiger partial charge is 0.416 e. The summed E-state index contributed by atoms with van der Waals surface area (Å²) >= 11 is 0. The number of hydrogen-bond acceptors (Lipinski definition) is 7. The molecule has 38 heavy (non-hydrogen) atoms. The van der Waals surface area contributed by atoms with Gasteiger partial charge in [-0.3, -0.25) is 4.90 Å². The number of amides is 1. The monoisotopic (exact) mass is 519 g/mol. The molecule has 1 amide bonds. The molecule has 0 aliphatic carbocycles. The number of nitrogens with zero attached hydrogens (tertiary/aromatic N) is 3. The molecule has 1 aromatic heterocycles. The molecule has 3 aromatic rings. The van der Waals surface area contributed by atoms with Gasteiger partial charge >= 0.3 is 12.1 Å². The summed E-state index contributed by atoms with van der Waals surface area (Å²) in [6.45, 7) is 3.29. The normalized spacial score (nSPS) is 15.5. The number of ether oxygens (including phenoxy) is 3. The van der Waals surface area contributed by atoms with E-state index >= 15 is 0 Å². The van der Waals surface area contributed by atoms with Gasteiger partial charge in [-0.25, -0.2) is 14.6 Å². The first-order valence-corrected chi connectivity index (χ1v) is 12.7. The minimum atomic E-state index is -1.09. The molecule has 1 aliphatic rings. The van der Waals surface area contributed by atoms with Crippen molar-refractivity contribution in [3.63, 3.8) is 0 Å². The number of carbonyl (C=O) groups excluding carboxylic acids is 1. The van der Waals surface area contributed by atoms with Gasteiger partial charge < -0.3 is 24.2 Å². The van der Waals surface area contributed by atoms with Crippen LogP contribution in [-0.2, 0) is 11.3 Å². The van der Waals surface area contributed by atoms with Crippen LogP contribution in [0.25, 0.3) is 0 Å². The summed E-state index contributed by atoms with van der Waals surface area (Å²) in [4.78, 5) is 32.9. The third-order valence-electron chi connectivity index (χ3n) is 6.59. The lowest BCUT2D eigenvalue weighted by Gasteiger charge is -2.27. The summed E-state index contributed by atoms with van der Waals surface area (Å²) in [6, 6.07) is 19.0. The fourth-order valence-corrected chi connectivity index (χ4v) is 4.55. The average molecular weight is 520 g/mol. The van der Waals surface area contributed by atoms with Crippen molar-refractivity contribution in [2.45, 2.75) is 44.8 Å². The van der Waals surface area contributed by atoms with Crippen molar-refractivity contribution in [1.29, 1.82) is 0 Å². The number of carbonyl (C=O) groups is 2. The molecular formula is C29H33N3O6. The number of carboxylic acid groups (broad SMARTS) is 1. The maximum Gasteiger partial charge on any atom is 0.416 e. The third-order valence-corrected chi connectivity index (χ3v) is 6.59. The van der Waals surface area contributed by atoms with Crippen LogP contribution in [0.3, 0.4) is 0 Å². The standard InChI is InChI=1S/C29H33N3O6/c1-3-26(28(33)34)32(29(35)38-25-15-13-23(36-2)14-16-25)19-21-9-11-24(12-10-21)37-20-22-7-6-18-31(22)27-8-4-5-17-30-27/h4-5,8-17,22,26H,3,6-7,18-20H2,1-2H3,(H,33,34). The first-order chi connectivity index (χ1) is 18.5. The number of carboxylic acids is 1. The van der Waals surface area contributed by atoms with Crippen molar-refractivity contribution in [3.05, 3.63) is 78.5 Å². The van der Waals surface area contributed by atoms with E-state index in [0.717, 1.165) is 30.8 Å². The number of aliphatic carboxylic acids is 1. The van der Waals surface area contributed by atoms with Gasteiger partial charge in [0.05, 0.1) is 13.2 Å². The van der Waals surface area contributed by atoms with Gasteiger partial charge in [0.15, 0.2) is 0 Å². The largest absolute Gasteiger partial charge is 0.497 e. The Hall–Kier alpha value is -4.27. The number of methoxy groups -OCH3 is 1. The van der Waals surface area contributed by atoms with E-state index < -0.39 is 18.1 Å². The lowest BCUT2D eigenvalue weighted by molar-refractivity contribution is -0.142. The second kappa shape index (κ2) is 12.8. The molecule has 1 aliphatic heterocycles. The summed E-state index contributed by atoms with van der Waals surface area (Å²) in [6.07, 6.45) is 3.43. The van der Waals surface area contributed by atoms with Gasteiger partial charge in [-0.15, -0.1) is 0 Å². The molecule has 9 nitrogen and oxygen atoms in total. The van der Waals surface area contributed by atoms with E-state index in [2.05, 4.69) is 9.88 Å². The number of aromatic nitrogens is 1. The zero-order chi connectivity index (χ0) is 26.9. The van der Waals surface area contributed by atoms with Gasteiger partial charge in [-0.1, -0.05) is 25.1 Å². The number of hydrogen-bond donors (Lipinski definition) is 1. The van der Waals surface area contributed by atoms with Crippen LogP contribution in [0.1, 0.15) is 31.7 Å². The van der Waals surface area contributed by atoms with Crippen molar-refractivity contribution in [3.8, 4) is 17.2 Å². The highest BCUT2D eigenvalue weighted by atomic mass is 16.6. The van der Waals surface area contributed by atoms with E-state index in [1.54, 1.807) is 44.5 Å². The first kappa shape index (κ1) is 26.8. The molecule has 0 spiro atoms. The predicted octanol–water partition coefficient (Wildman–Crippen LogP) is 5.00. The fraction of sp³-hybridized carbons (Fsp3) is 0.345. The number of anilines is 1. The van der Waals surface area contributed by atoms with Crippen LogP contribution in [0.15, 0.2) is 72.9 Å². The Morgan fingerprint density at radius 2 is 1.76 bits per heavy atom. The molecule has 2 aromatic carbocycles. The van der Waals surface area contributed by atoms with Crippen molar-refractivity contribution in [2.75, 3.05) is 25.2 Å². The summed E-state index contributed by atoms with van der Waals surface area (Å²) in [5.74, 6) is 1.50.